The molecule has 6 nitrogen and oxygen atoms in total. The van der Waals surface area contributed by atoms with Crippen LogP contribution in [0.5, 0.6) is 0 Å². The molecule has 0 spiro atoms. The smallest absolute Gasteiger partial charge is 0.197 e. The molecule has 1 aliphatic rings. The molecule has 0 fully saturated rings. The molecule has 2 heterocycles. The van der Waals surface area contributed by atoms with Gasteiger partial charge >= 0.3 is 0 Å². The largest absolute Gasteiger partial charge is 0.388 e. The molecule has 0 saturated heterocycles. The van der Waals surface area contributed by atoms with Crippen LogP contribution in [0.15, 0.2) is 34.4 Å². The number of rotatable bonds is 4. The summed E-state index contributed by atoms with van der Waals surface area (Å²) in [6.07, 6.45) is 4.21. The van der Waals surface area contributed by atoms with Crippen LogP contribution in [0.3, 0.4) is 0 Å². The van der Waals surface area contributed by atoms with Crippen LogP contribution in [-0.4, -0.2) is 29.8 Å². The molecular formula is C18H18ClN5OS. The molecule has 0 bridgehead atoms. The molecule has 1 aliphatic carbocycles. The highest BCUT2D eigenvalue weighted by Crippen LogP contribution is 2.34. The van der Waals surface area contributed by atoms with Crippen molar-refractivity contribution in [1.29, 1.82) is 0 Å². The van der Waals surface area contributed by atoms with E-state index in [1.807, 2.05) is 31.3 Å². The van der Waals surface area contributed by atoms with Gasteiger partial charge in [-0.2, -0.15) is 0 Å². The van der Waals surface area contributed by atoms with E-state index < -0.39 is 0 Å². The lowest BCUT2D eigenvalue weighted by molar-refractivity contribution is 0.266. The van der Waals surface area contributed by atoms with Gasteiger partial charge in [-0.15, -0.1) is 10.2 Å². The van der Waals surface area contributed by atoms with E-state index >= 15 is 0 Å². The predicted octanol–water partition coefficient (Wildman–Crippen LogP) is 3.45. The van der Waals surface area contributed by atoms with Crippen molar-refractivity contribution >= 4 is 23.4 Å². The van der Waals surface area contributed by atoms with Crippen molar-refractivity contribution in [1.82, 2.24) is 24.7 Å². The molecule has 2 aromatic heterocycles. The molecule has 0 atom stereocenters. The molecule has 0 radical (unpaired) electrons. The number of benzene rings is 1. The van der Waals surface area contributed by atoms with E-state index in [9.17, 15) is 5.11 Å². The normalized spacial score (nSPS) is 13.7. The van der Waals surface area contributed by atoms with Crippen LogP contribution in [-0.2, 0) is 26.5 Å². The fourth-order valence-electron chi connectivity index (χ4n) is 3.06. The number of aryl methyl sites for hydroxylation is 1. The standard InChI is InChI=1S/C18H18ClN5OS/c1-24-15(10-25)22-23-18(24)26-17-13-7-2-3-8-14(13)20-16(21-17)11-5-4-6-12(19)9-11/h4-6,9,25H,2-3,7-8,10H2,1H3. The number of fused-ring (bicyclic) bond motifs is 1. The molecule has 4 rings (SSSR count). The molecule has 0 amide bonds. The highest BCUT2D eigenvalue weighted by atomic mass is 35.5. The van der Waals surface area contributed by atoms with E-state index in [2.05, 4.69) is 10.2 Å². The lowest BCUT2D eigenvalue weighted by Gasteiger charge is -2.18. The van der Waals surface area contributed by atoms with Crippen LogP contribution in [0.1, 0.15) is 29.9 Å². The predicted molar refractivity (Wildman–Crippen MR) is 100 cm³/mol. The Morgan fingerprint density at radius 1 is 1.19 bits per heavy atom. The number of aromatic nitrogens is 5. The fraction of sp³-hybridized carbons (Fsp3) is 0.333. The average Bonchev–Trinajstić information content (AvgIpc) is 3.01. The van der Waals surface area contributed by atoms with E-state index in [0.717, 1.165) is 42.0 Å². The monoisotopic (exact) mass is 387 g/mol. The van der Waals surface area contributed by atoms with Crippen molar-refractivity contribution < 1.29 is 5.11 Å². The Bertz CT molecular complexity index is 959. The third-order valence-electron chi connectivity index (χ3n) is 4.48. The van der Waals surface area contributed by atoms with Gasteiger partial charge in [-0.05, 0) is 49.6 Å². The Morgan fingerprint density at radius 3 is 2.81 bits per heavy atom. The van der Waals surface area contributed by atoms with Gasteiger partial charge in [-0.1, -0.05) is 23.7 Å². The van der Waals surface area contributed by atoms with Crippen LogP contribution in [0.4, 0.5) is 0 Å². The zero-order chi connectivity index (χ0) is 18.1. The summed E-state index contributed by atoms with van der Waals surface area (Å²) in [5.41, 5.74) is 3.20. The Morgan fingerprint density at radius 2 is 2.04 bits per heavy atom. The summed E-state index contributed by atoms with van der Waals surface area (Å²) >= 11 is 7.61. The van der Waals surface area contributed by atoms with Crippen molar-refractivity contribution in [2.45, 2.75) is 42.5 Å². The second-order valence-corrected chi connectivity index (χ2v) is 7.61. The first-order valence-corrected chi connectivity index (χ1v) is 9.68. The zero-order valence-electron chi connectivity index (χ0n) is 14.3. The summed E-state index contributed by atoms with van der Waals surface area (Å²) in [6, 6.07) is 7.60. The number of nitrogens with zero attached hydrogens (tertiary/aromatic N) is 5. The molecule has 26 heavy (non-hydrogen) atoms. The first-order valence-electron chi connectivity index (χ1n) is 8.48. The Kier molecular flexibility index (Phi) is 4.93. The second-order valence-electron chi connectivity index (χ2n) is 6.21. The minimum atomic E-state index is -0.139. The van der Waals surface area contributed by atoms with Gasteiger partial charge in [0.2, 0.25) is 0 Å². The first kappa shape index (κ1) is 17.5. The van der Waals surface area contributed by atoms with Crippen LogP contribution in [0, 0.1) is 0 Å². The maximum Gasteiger partial charge on any atom is 0.197 e. The minimum Gasteiger partial charge on any atom is -0.388 e. The van der Waals surface area contributed by atoms with E-state index in [0.29, 0.717) is 21.8 Å². The number of hydrogen-bond donors (Lipinski definition) is 1. The van der Waals surface area contributed by atoms with Crippen LogP contribution in [0.2, 0.25) is 5.02 Å². The van der Waals surface area contributed by atoms with Gasteiger partial charge in [0, 0.05) is 28.9 Å². The van der Waals surface area contributed by atoms with Crippen molar-refractivity contribution in [2.24, 2.45) is 7.05 Å². The van der Waals surface area contributed by atoms with Gasteiger partial charge in [0.25, 0.3) is 0 Å². The summed E-state index contributed by atoms with van der Waals surface area (Å²) in [5, 5.41) is 19.8. The minimum absolute atomic E-state index is 0.139. The SMILES string of the molecule is Cn1c(CO)nnc1Sc1nc(-c2cccc(Cl)c2)nc2c1CCCC2. The zero-order valence-corrected chi connectivity index (χ0v) is 15.9. The summed E-state index contributed by atoms with van der Waals surface area (Å²) in [5.74, 6) is 1.21. The van der Waals surface area contributed by atoms with E-state index in [1.165, 1.54) is 17.3 Å². The van der Waals surface area contributed by atoms with Gasteiger partial charge in [0.05, 0.1) is 0 Å². The van der Waals surface area contributed by atoms with E-state index in [1.54, 1.807) is 4.57 Å². The van der Waals surface area contributed by atoms with E-state index in [4.69, 9.17) is 21.6 Å². The second kappa shape index (κ2) is 7.34. The highest BCUT2D eigenvalue weighted by Gasteiger charge is 2.21. The third kappa shape index (κ3) is 3.34. The van der Waals surface area contributed by atoms with Crippen LogP contribution in [0.25, 0.3) is 11.4 Å². The van der Waals surface area contributed by atoms with Crippen LogP contribution >= 0.6 is 23.4 Å². The topological polar surface area (TPSA) is 76.7 Å². The molecule has 0 saturated carbocycles. The molecule has 1 aromatic carbocycles. The Hall–Kier alpha value is -1.96. The molecule has 134 valence electrons. The Balaban J connectivity index is 1.79. The lowest BCUT2D eigenvalue weighted by atomic mass is 9.97. The number of hydrogen-bond acceptors (Lipinski definition) is 6. The Labute approximate surface area is 160 Å². The lowest BCUT2D eigenvalue weighted by Crippen LogP contribution is -2.10. The van der Waals surface area contributed by atoms with Gasteiger partial charge in [-0.3, -0.25) is 0 Å². The molecule has 1 N–H and O–H groups in total. The highest BCUT2D eigenvalue weighted by molar-refractivity contribution is 7.99. The number of aliphatic hydroxyl groups excluding tert-OH is 1. The summed E-state index contributed by atoms with van der Waals surface area (Å²) in [4.78, 5) is 9.62. The molecule has 0 aliphatic heterocycles. The van der Waals surface area contributed by atoms with Crippen molar-refractivity contribution in [2.75, 3.05) is 0 Å². The summed E-state index contributed by atoms with van der Waals surface area (Å²) in [6.45, 7) is -0.139. The summed E-state index contributed by atoms with van der Waals surface area (Å²) in [7, 11) is 1.85. The third-order valence-corrected chi connectivity index (χ3v) is 5.79. The van der Waals surface area contributed by atoms with Gasteiger partial charge in [-0.25, -0.2) is 9.97 Å². The van der Waals surface area contributed by atoms with Gasteiger partial charge < -0.3 is 9.67 Å². The molecular weight excluding hydrogens is 370 g/mol. The number of halogens is 1. The first-order chi connectivity index (χ1) is 12.7. The maximum atomic E-state index is 9.34. The maximum absolute atomic E-state index is 9.34. The molecule has 8 heteroatoms. The molecule has 3 aromatic rings. The van der Waals surface area contributed by atoms with Crippen molar-refractivity contribution in [3.8, 4) is 11.4 Å². The average molecular weight is 388 g/mol. The summed E-state index contributed by atoms with van der Waals surface area (Å²) < 4.78 is 1.79. The fourth-order valence-corrected chi connectivity index (χ4v) is 4.22. The van der Waals surface area contributed by atoms with Crippen molar-refractivity contribution in [3.05, 3.63) is 46.4 Å². The van der Waals surface area contributed by atoms with Gasteiger partial charge in [0.1, 0.15) is 11.6 Å². The van der Waals surface area contributed by atoms with E-state index in [-0.39, 0.29) is 6.61 Å². The number of aliphatic hydroxyl groups is 1. The van der Waals surface area contributed by atoms with Crippen molar-refractivity contribution in [3.63, 3.8) is 0 Å². The van der Waals surface area contributed by atoms with Gasteiger partial charge in [0.15, 0.2) is 16.8 Å². The molecule has 0 unspecified atom stereocenters. The van der Waals surface area contributed by atoms with Crippen LogP contribution < -0.4 is 0 Å². The quantitative estimate of drug-likeness (QED) is 0.691.